The second-order valence-electron chi connectivity index (χ2n) is 4.73. The van der Waals surface area contributed by atoms with Gasteiger partial charge in [-0.15, -0.1) is 0 Å². The second-order valence-corrected chi connectivity index (χ2v) is 4.73. The van der Waals surface area contributed by atoms with Gasteiger partial charge in [0.2, 0.25) is 0 Å². The van der Waals surface area contributed by atoms with Gasteiger partial charge < -0.3 is 10.0 Å². The number of aliphatic hydroxyl groups excluding tert-OH is 1. The van der Waals surface area contributed by atoms with Gasteiger partial charge in [-0.2, -0.15) is 0 Å². The van der Waals surface area contributed by atoms with Crippen molar-refractivity contribution in [3.8, 4) is 0 Å². The van der Waals surface area contributed by atoms with E-state index < -0.39 is 0 Å². The van der Waals surface area contributed by atoms with Crippen LogP contribution in [-0.4, -0.2) is 25.3 Å². The summed E-state index contributed by atoms with van der Waals surface area (Å²) < 4.78 is 0. The molecule has 0 amide bonds. The van der Waals surface area contributed by atoms with Crippen LogP contribution in [0.2, 0.25) is 0 Å². The fourth-order valence-corrected chi connectivity index (χ4v) is 2.15. The van der Waals surface area contributed by atoms with Crippen LogP contribution >= 0.6 is 0 Å². The van der Waals surface area contributed by atoms with E-state index in [9.17, 15) is 5.11 Å². The van der Waals surface area contributed by atoms with Gasteiger partial charge in [0, 0.05) is 19.8 Å². The first-order valence-corrected chi connectivity index (χ1v) is 5.55. The molecule has 2 heteroatoms. The van der Waals surface area contributed by atoms with Gasteiger partial charge in [0.05, 0.1) is 6.10 Å². The Kier molecular flexibility index (Phi) is 2.70. The lowest BCUT2D eigenvalue weighted by molar-refractivity contribution is 0.169. The third-order valence-electron chi connectivity index (χ3n) is 3.30. The molecular weight excluding hydrogens is 186 g/mol. The SMILES string of the molecule is C[C@H](O)[C@@H]1C[C@@H]1c1ccc(N(C)C)cc1. The largest absolute Gasteiger partial charge is 0.393 e. The molecule has 0 unspecified atom stereocenters. The highest BCUT2D eigenvalue weighted by Crippen LogP contribution is 2.49. The number of anilines is 1. The highest BCUT2D eigenvalue weighted by molar-refractivity contribution is 5.47. The van der Waals surface area contributed by atoms with Gasteiger partial charge in [0.25, 0.3) is 0 Å². The highest BCUT2D eigenvalue weighted by atomic mass is 16.3. The van der Waals surface area contributed by atoms with Crippen LogP contribution in [0.25, 0.3) is 0 Å². The summed E-state index contributed by atoms with van der Waals surface area (Å²) in [5.74, 6) is 1.07. The molecule has 0 radical (unpaired) electrons. The summed E-state index contributed by atoms with van der Waals surface area (Å²) in [5.41, 5.74) is 2.60. The lowest BCUT2D eigenvalue weighted by Gasteiger charge is -2.12. The summed E-state index contributed by atoms with van der Waals surface area (Å²) in [6, 6.07) is 8.66. The Balaban J connectivity index is 2.06. The van der Waals surface area contributed by atoms with Crippen LogP contribution in [0.3, 0.4) is 0 Å². The van der Waals surface area contributed by atoms with Crippen molar-refractivity contribution >= 4 is 5.69 Å². The third kappa shape index (κ3) is 2.15. The van der Waals surface area contributed by atoms with Crippen molar-refractivity contribution < 1.29 is 5.11 Å². The van der Waals surface area contributed by atoms with E-state index in [0.29, 0.717) is 11.8 Å². The molecule has 0 saturated heterocycles. The Morgan fingerprint density at radius 1 is 1.27 bits per heavy atom. The maximum absolute atomic E-state index is 9.46. The molecule has 0 heterocycles. The van der Waals surface area contributed by atoms with Crippen LogP contribution in [0.1, 0.15) is 24.8 Å². The van der Waals surface area contributed by atoms with Crippen molar-refractivity contribution in [3.63, 3.8) is 0 Å². The molecule has 15 heavy (non-hydrogen) atoms. The Labute approximate surface area is 91.5 Å². The molecule has 1 aliphatic rings. The van der Waals surface area contributed by atoms with Gasteiger partial charge in [-0.1, -0.05) is 12.1 Å². The van der Waals surface area contributed by atoms with Crippen molar-refractivity contribution in [2.24, 2.45) is 5.92 Å². The lowest BCUT2D eigenvalue weighted by Crippen LogP contribution is -2.08. The zero-order valence-electron chi connectivity index (χ0n) is 9.64. The molecule has 3 atom stereocenters. The molecule has 0 bridgehead atoms. The minimum absolute atomic E-state index is 0.163. The van der Waals surface area contributed by atoms with Crippen molar-refractivity contribution in [3.05, 3.63) is 29.8 Å². The summed E-state index contributed by atoms with van der Waals surface area (Å²) in [7, 11) is 4.09. The first-order chi connectivity index (χ1) is 7.09. The molecule has 82 valence electrons. The molecule has 0 aromatic heterocycles. The van der Waals surface area contributed by atoms with Gasteiger partial charge >= 0.3 is 0 Å². The molecule has 1 aliphatic carbocycles. The first-order valence-electron chi connectivity index (χ1n) is 5.55. The Bertz CT molecular complexity index is 329. The molecule has 2 nitrogen and oxygen atoms in total. The number of nitrogens with zero attached hydrogens (tertiary/aromatic N) is 1. The van der Waals surface area contributed by atoms with E-state index in [1.165, 1.54) is 11.3 Å². The van der Waals surface area contributed by atoms with Crippen LogP contribution in [-0.2, 0) is 0 Å². The van der Waals surface area contributed by atoms with Crippen LogP contribution in [0.5, 0.6) is 0 Å². The van der Waals surface area contributed by atoms with Crippen molar-refractivity contribution in [1.82, 2.24) is 0 Å². The quantitative estimate of drug-likeness (QED) is 0.818. The number of hydrogen-bond donors (Lipinski definition) is 1. The van der Waals surface area contributed by atoms with Gasteiger partial charge in [-0.3, -0.25) is 0 Å². The van der Waals surface area contributed by atoms with E-state index >= 15 is 0 Å². The molecule has 1 N–H and O–H groups in total. The van der Waals surface area contributed by atoms with Crippen LogP contribution in [0.15, 0.2) is 24.3 Å². The van der Waals surface area contributed by atoms with Gasteiger partial charge in [-0.25, -0.2) is 0 Å². The standard InChI is InChI=1S/C13H19NO/c1-9(15)12-8-13(12)10-4-6-11(7-5-10)14(2)3/h4-7,9,12-13,15H,8H2,1-3H3/t9-,12-,13+/m0/s1. The van der Waals surface area contributed by atoms with Crippen LogP contribution < -0.4 is 4.90 Å². The average molecular weight is 205 g/mol. The first kappa shape index (κ1) is 10.5. The van der Waals surface area contributed by atoms with E-state index in [1.54, 1.807) is 0 Å². The summed E-state index contributed by atoms with van der Waals surface area (Å²) in [4.78, 5) is 2.10. The number of aliphatic hydroxyl groups is 1. The normalized spacial score (nSPS) is 26.1. The minimum atomic E-state index is -0.163. The monoisotopic (exact) mass is 205 g/mol. The number of hydrogen-bond acceptors (Lipinski definition) is 2. The molecule has 0 aliphatic heterocycles. The fourth-order valence-electron chi connectivity index (χ4n) is 2.15. The van der Waals surface area contributed by atoms with E-state index in [2.05, 4.69) is 29.2 Å². The molecule has 0 spiro atoms. The lowest BCUT2D eigenvalue weighted by atomic mass is 10.1. The fraction of sp³-hybridized carbons (Fsp3) is 0.538. The number of rotatable bonds is 3. The molecule has 1 fully saturated rings. The predicted molar refractivity (Wildman–Crippen MR) is 63.3 cm³/mol. The van der Waals surface area contributed by atoms with E-state index in [1.807, 2.05) is 21.0 Å². The Morgan fingerprint density at radius 3 is 2.27 bits per heavy atom. The topological polar surface area (TPSA) is 23.5 Å². The van der Waals surface area contributed by atoms with Crippen LogP contribution in [0, 0.1) is 5.92 Å². The van der Waals surface area contributed by atoms with E-state index in [0.717, 1.165) is 6.42 Å². The average Bonchev–Trinajstić information content (AvgIpc) is 2.97. The van der Waals surface area contributed by atoms with Gasteiger partial charge in [0.15, 0.2) is 0 Å². The zero-order chi connectivity index (χ0) is 11.0. The molecule has 1 aromatic carbocycles. The Morgan fingerprint density at radius 2 is 1.87 bits per heavy atom. The Hall–Kier alpha value is -1.02. The molecular formula is C13H19NO. The zero-order valence-corrected chi connectivity index (χ0v) is 9.64. The predicted octanol–water partition coefficient (Wildman–Crippen LogP) is 2.24. The van der Waals surface area contributed by atoms with Crippen LogP contribution in [0.4, 0.5) is 5.69 Å². The van der Waals surface area contributed by atoms with Gasteiger partial charge in [-0.05, 0) is 42.9 Å². The molecule has 1 aromatic rings. The minimum Gasteiger partial charge on any atom is -0.393 e. The van der Waals surface area contributed by atoms with Crippen molar-refractivity contribution in [2.45, 2.75) is 25.4 Å². The maximum atomic E-state index is 9.46. The highest BCUT2D eigenvalue weighted by Gasteiger charge is 2.41. The number of benzene rings is 1. The molecule has 2 rings (SSSR count). The van der Waals surface area contributed by atoms with Crippen molar-refractivity contribution in [1.29, 1.82) is 0 Å². The molecule has 1 saturated carbocycles. The van der Waals surface area contributed by atoms with Crippen molar-refractivity contribution in [2.75, 3.05) is 19.0 Å². The second kappa shape index (κ2) is 3.86. The summed E-state index contributed by atoms with van der Waals surface area (Å²) in [5, 5.41) is 9.46. The summed E-state index contributed by atoms with van der Waals surface area (Å²) in [6.45, 7) is 1.89. The third-order valence-corrected chi connectivity index (χ3v) is 3.30. The van der Waals surface area contributed by atoms with Gasteiger partial charge in [0.1, 0.15) is 0 Å². The smallest absolute Gasteiger partial charge is 0.0546 e. The van der Waals surface area contributed by atoms with E-state index in [-0.39, 0.29) is 6.10 Å². The van der Waals surface area contributed by atoms with E-state index in [4.69, 9.17) is 0 Å². The summed E-state index contributed by atoms with van der Waals surface area (Å²) >= 11 is 0. The maximum Gasteiger partial charge on any atom is 0.0546 e. The summed E-state index contributed by atoms with van der Waals surface area (Å²) in [6.07, 6.45) is 0.974.